The first-order valence-electron chi connectivity index (χ1n) is 8.76. The Morgan fingerprint density at radius 3 is 2.24 bits per heavy atom. The third-order valence-corrected chi connectivity index (χ3v) is 5.36. The summed E-state index contributed by atoms with van der Waals surface area (Å²) < 4.78 is 0. The molecule has 4 heteroatoms. The Bertz CT molecular complexity index is 340. The van der Waals surface area contributed by atoms with Crippen LogP contribution in [0.25, 0.3) is 0 Å². The van der Waals surface area contributed by atoms with Crippen molar-refractivity contribution in [2.24, 2.45) is 11.7 Å². The second-order valence-electron chi connectivity index (χ2n) is 7.41. The van der Waals surface area contributed by atoms with Gasteiger partial charge < -0.3 is 10.6 Å². The number of piperazine rings is 1. The number of hydrogen-bond donors (Lipinski definition) is 1. The van der Waals surface area contributed by atoms with Crippen LogP contribution < -0.4 is 5.73 Å². The summed E-state index contributed by atoms with van der Waals surface area (Å²) in [4.78, 5) is 17.1. The van der Waals surface area contributed by atoms with E-state index in [1.54, 1.807) is 0 Å². The molecule has 0 bridgehead atoms. The molecule has 1 aliphatic carbocycles. The highest BCUT2D eigenvalue weighted by Gasteiger charge is 2.34. The third-order valence-electron chi connectivity index (χ3n) is 5.36. The maximum atomic E-state index is 12.5. The minimum atomic E-state index is -0.683. The van der Waals surface area contributed by atoms with E-state index in [2.05, 4.69) is 18.7 Å². The number of nitrogens with two attached hydrogens (primary N) is 1. The molecular formula is C17H33N3O. The zero-order valence-corrected chi connectivity index (χ0v) is 14.1. The number of rotatable bonds is 4. The topological polar surface area (TPSA) is 49.6 Å². The van der Waals surface area contributed by atoms with Gasteiger partial charge in [-0.05, 0) is 44.9 Å². The molecule has 1 saturated carbocycles. The molecule has 1 saturated heterocycles. The van der Waals surface area contributed by atoms with Gasteiger partial charge in [-0.2, -0.15) is 0 Å². The fourth-order valence-corrected chi connectivity index (χ4v) is 3.89. The van der Waals surface area contributed by atoms with Gasteiger partial charge in [-0.1, -0.05) is 20.3 Å². The Hall–Kier alpha value is -0.610. The first kappa shape index (κ1) is 16.8. The van der Waals surface area contributed by atoms with Crippen molar-refractivity contribution in [1.29, 1.82) is 0 Å². The zero-order valence-electron chi connectivity index (χ0n) is 14.1. The predicted molar refractivity (Wildman–Crippen MR) is 87.1 cm³/mol. The lowest BCUT2D eigenvalue weighted by Crippen LogP contribution is -2.59. The molecule has 0 radical (unpaired) electrons. The number of hydrogen-bond acceptors (Lipinski definition) is 3. The van der Waals surface area contributed by atoms with E-state index in [0.717, 1.165) is 51.0 Å². The summed E-state index contributed by atoms with van der Waals surface area (Å²) in [6, 6.07) is 0.748. The molecule has 1 atom stereocenters. The minimum Gasteiger partial charge on any atom is -0.339 e. The quantitative estimate of drug-likeness (QED) is 0.865. The van der Waals surface area contributed by atoms with Gasteiger partial charge in [-0.25, -0.2) is 0 Å². The molecule has 1 aliphatic heterocycles. The average Bonchev–Trinajstić information content (AvgIpc) is 2.47. The van der Waals surface area contributed by atoms with Crippen molar-refractivity contribution in [1.82, 2.24) is 9.80 Å². The molecule has 0 aromatic carbocycles. The Kier molecular flexibility index (Phi) is 5.67. The van der Waals surface area contributed by atoms with Crippen molar-refractivity contribution in [3.63, 3.8) is 0 Å². The van der Waals surface area contributed by atoms with Crippen LogP contribution >= 0.6 is 0 Å². The molecule has 0 aromatic heterocycles. The molecule has 1 heterocycles. The van der Waals surface area contributed by atoms with Crippen LogP contribution in [0.3, 0.4) is 0 Å². The standard InChI is InChI=1S/C17H33N3O/c1-4-9-17(3,18)16(21)20-12-10-19(11-13-20)15-7-5-14(2)6-8-15/h14-15H,4-13,18H2,1-3H3. The molecule has 122 valence electrons. The summed E-state index contributed by atoms with van der Waals surface area (Å²) in [6.45, 7) is 10.1. The van der Waals surface area contributed by atoms with Gasteiger partial charge in [0.05, 0.1) is 5.54 Å². The van der Waals surface area contributed by atoms with E-state index >= 15 is 0 Å². The maximum absolute atomic E-state index is 12.5. The van der Waals surface area contributed by atoms with Crippen molar-refractivity contribution in [3.8, 4) is 0 Å². The molecule has 0 spiro atoms. The SMILES string of the molecule is CCCC(C)(N)C(=O)N1CCN(C2CCC(C)CC2)CC1. The fraction of sp³-hybridized carbons (Fsp3) is 0.941. The van der Waals surface area contributed by atoms with Gasteiger partial charge >= 0.3 is 0 Å². The van der Waals surface area contributed by atoms with Crippen molar-refractivity contribution >= 4 is 5.91 Å². The lowest BCUT2D eigenvalue weighted by Gasteiger charge is -2.43. The molecule has 2 fully saturated rings. The zero-order chi connectivity index (χ0) is 15.5. The van der Waals surface area contributed by atoms with Gasteiger partial charge in [0.2, 0.25) is 5.91 Å². The van der Waals surface area contributed by atoms with E-state index in [4.69, 9.17) is 5.73 Å². The Morgan fingerprint density at radius 1 is 1.14 bits per heavy atom. The summed E-state index contributed by atoms with van der Waals surface area (Å²) in [5, 5.41) is 0. The summed E-state index contributed by atoms with van der Waals surface area (Å²) in [7, 11) is 0. The van der Waals surface area contributed by atoms with Crippen molar-refractivity contribution in [2.75, 3.05) is 26.2 Å². The molecule has 4 nitrogen and oxygen atoms in total. The number of carbonyl (C=O) groups is 1. The van der Waals surface area contributed by atoms with E-state index in [9.17, 15) is 4.79 Å². The Labute approximate surface area is 130 Å². The largest absolute Gasteiger partial charge is 0.339 e. The van der Waals surface area contributed by atoms with Gasteiger partial charge in [0.25, 0.3) is 0 Å². The highest BCUT2D eigenvalue weighted by atomic mass is 16.2. The second kappa shape index (κ2) is 7.10. The lowest BCUT2D eigenvalue weighted by atomic mass is 9.86. The van der Waals surface area contributed by atoms with E-state index in [-0.39, 0.29) is 5.91 Å². The van der Waals surface area contributed by atoms with Crippen molar-refractivity contribution in [2.45, 2.75) is 70.9 Å². The smallest absolute Gasteiger partial charge is 0.242 e. The van der Waals surface area contributed by atoms with E-state index in [0.29, 0.717) is 0 Å². The molecule has 21 heavy (non-hydrogen) atoms. The van der Waals surface area contributed by atoms with Gasteiger partial charge in [0.1, 0.15) is 0 Å². The van der Waals surface area contributed by atoms with Gasteiger partial charge in [0.15, 0.2) is 0 Å². The normalized spacial score (nSPS) is 31.0. The summed E-state index contributed by atoms with van der Waals surface area (Å²) in [5.74, 6) is 1.04. The Balaban J connectivity index is 1.81. The van der Waals surface area contributed by atoms with Gasteiger partial charge in [0, 0.05) is 32.2 Å². The van der Waals surface area contributed by atoms with Crippen LogP contribution in [-0.4, -0.2) is 53.5 Å². The summed E-state index contributed by atoms with van der Waals surface area (Å²) in [5.41, 5.74) is 5.51. The second-order valence-corrected chi connectivity index (χ2v) is 7.41. The van der Waals surface area contributed by atoms with Crippen LogP contribution in [0.2, 0.25) is 0 Å². The highest BCUT2D eigenvalue weighted by molar-refractivity contribution is 5.85. The minimum absolute atomic E-state index is 0.140. The van der Waals surface area contributed by atoms with Gasteiger partial charge in [-0.15, -0.1) is 0 Å². The molecule has 2 aliphatic rings. The van der Waals surface area contributed by atoms with Crippen LogP contribution in [0.5, 0.6) is 0 Å². The van der Waals surface area contributed by atoms with E-state index < -0.39 is 5.54 Å². The van der Waals surface area contributed by atoms with Crippen LogP contribution in [-0.2, 0) is 4.79 Å². The predicted octanol–water partition coefficient (Wildman–Crippen LogP) is 2.23. The number of nitrogens with zero attached hydrogens (tertiary/aromatic N) is 2. The van der Waals surface area contributed by atoms with Gasteiger partial charge in [-0.3, -0.25) is 9.69 Å². The number of carbonyl (C=O) groups excluding carboxylic acids is 1. The van der Waals surface area contributed by atoms with E-state index in [1.165, 1.54) is 25.7 Å². The number of amides is 1. The molecule has 1 unspecified atom stereocenters. The van der Waals surface area contributed by atoms with Crippen LogP contribution in [0.15, 0.2) is 0 Å². The molecule has 2 N–H and O–H groups in total. The summed E-state index contributed by atoms with van der Waals surface area (Å²) >= 11 is 0. The molecule has 0 aromatic rings. The molecule has 1 amide bonds. The van der Waals surface area contributed by atoms with Crippen LogP contribution in [0.4, 0.5) is 0 Å². The first-order valence-corrected chi connectivity index (χ1v) is 8.76. The average molecular weight is 295 g/mol. The van der Waals surface area contributed by atoms with Crippen LogP contribution in [0.1, 0.15) is 59.3 Å². The lowest BCUT2D eigenvalue weighted by molar-refractivity contribution is -0.139. The van der Waals surface area contributed by atoms with E-state index in [1.807, 2.05) is 11.8 Å². The van der Waals surface area contributed by atoms with Crippen molar-refractivity contribution in [3.05, 3.63) is 0 Å². The summed E-state index contributed by atoms with van der Waals surface area (Å²) in [6.07, 6.45) is 7.12. The third kappa shape index (κ3) is 4.19. The first-order chi connectivity index (χ1) is 9.94. The molecule has 2 rings (SSSR count). The highest BCUT2D eigenvalue weighted by Crippen LogP contribution is 2.28. The fourth-order valence-electron chi connectivity index (χ4n) is 3.89. The van der Waals surface area contributed by atoms with Crippen molar-refractivity contribution < 1.29 is 4.79 Å². The molecular weight excluding hydrogens is 262 g/mol. The monoisotopic (exact) mass is 295 g/mol. The van der Waals surface area contributed by atoms with Crippen LogP contribution in [0, 0.1) is 5.92 Å². The maximum Gasteiger partial charge on any atom is 0.242 e. The Morgan fingerprint density at radius 2 is 1.71 bits per heavy atom.